The molecule has 0 saturated heterocycles. The Morgan fingerprint density at radius 1 is 0.750 bits per heavy atom. The van der Waals surface area contributed by atoms with E-state index in [-0.39, 0.29) is 5.54 Å². The fourth-order valence-electron chi connectivity index (χ4n) is 3.80. The van der Waals surface area contributed by atoms with E-state index >= 15 is 0 Å². The van der Waals surface area contributed by atoms with Crippen LogP contribution in [-0.2, 0) is 0 Å². The molecule has 0 aromatic carbocycles. The van der Waals surface area contributed by atoms with Crippen molar-refractivity contribution in [2.75, 3.05) is 0 Å². The molecule has 24 heavy (non-hydrogen) atoms. The zero-order valence-electron chi connectivity index (χ0n) is 16.6. The Kier molecular flexibility index (Phi) is 12.0. The van der Waals surface area contributed by atoms with Crippen LogP contribution < -0.4 is 11.1 Å². The summed E-state index contributed by atoms with van der Waals surface area (Å²) in [5.74, 6) is 0. The number of nitrogens with zero attached hydrogens (tertiary/aromatic N) is 2. The smallest absolute Gasteiger partial charge is 0.129 e. The molecule has 142 valence electrons. The van der Waals surface area contributed by atoms with E-state index in [2.05, 4.69) is 42.0 Å². The summed E-state index contributed by atoms with van der Waals surface area (Å²) in [7, 11) is 0. The van der Waals surface area contributed by atoms with Crippen molar-refractivity contribution in [1.82, 2.24) is 16.1 Å². The topological polar surface area (TPSA) is 39.7 Å². The summed E-state index contributed by atoms with van der Waals surface area (Å²) in [4.78, 5) is 0. The average molecular weight is 339 g/mol. The van der Waals surface area contributed by atoms with Gasteiger partial charge in [-0.05, 0) is 19.3 Å². The largest absolute Gasteiger partial charge is 0.271 e. The van der Waals surface area contributed by atoms with Crippen LogP contribution in [-0.4, -0.2) is 16.9 Å². The van der Waals surface area contributed by atoms with Crippen LogP contribution in [0.2, 0.25) is 0 Å². The van der Waals surface area contributed by atoms with E-state index in [1.54, 1.807) is 0 Å². The maximum atomic E-state index is 4.08. The van der Waals surface area contributed by atoms with Gasteiger partial charge in [0.2, 0.25) is 0 Å². The zero-order valence-corrected chi connectivity index (χ0v) is 16.6. The number of hydrazine groups is 2. The highest BCUT2D eigenvalue weighted by atomic mass is 15.8. The van der Waals surface area contributed by atoms with E-state index in [1.165, 1.54) is 83.5 Å². The van der Waals surface area contributed by atoms with Gasteiger partial charge in [-0.25, -0.2) is 5.53 Å². The lowest BCUT2D eigenvalue weighted by Crippen LogP contribution is -2.53. The summed E-state index contributed by atoms with van der Waals surface area (Å²) in [5.41, 5.74) is 6.21. The second kappa shape index (κ2) is 13.5. The van der Waals surface area contributed by atoms with Gasteiger partial charge in [-0.15, -0.1) is 5.53 Å². The van der Waals surface area contributed by atoms with Crippen molar-refractivity contribution in [2.45, 2.75) is 123 Å². The van der Waals surface area contributed by atoms with Crippen molar-refractivity contribution in [2.24, 2.45) is 5.10 Å². The van der Waals surface area contributed by atoms with E-state index in [1.807, 2.05) is 6.34 Å². The van der Waals surface area contributed by atoms with E-state index in [4.69, 9.17) is 0 Å². The summed E-state index contributed by atoms with van der Waals surface area (Å²) < 4.78 is 0. The summed E-state index contributed by atoms with van der Waals surface area (Å²) in [6, 6.07) is 0. The highest BCUT2D eigenvalue weighted by Gasteiger charge is 2.33. The Labute approximate surface area is 150 Å². The molecular formula is C20H42N4. The molecule has 4 heteroatoms. The quantitative estimate of drug-likeness (QED) is 0.344. The van der Waals surface area contributed by atoms with Crippen LogP contribution in [0.1, 0.15) is 117 Å². The van der Waals surface area contributed by atoms with E-state index in [0.29, 0.717) is 0 Å². The predicted molar refractivity (Wildman–Crippen MR) is 106 cm³/mol. The number of nitrogens with one attached hydrogen (secondary N) is 2. The van der Waals surface area contributed by atoms with Gasteiger partial charge >= 0.3 is 0 Å². The third-order valence-corrected chi connectivity index (χ3v) is 5.73. The number of hydrogen-bond donors (Lipinski definition) is 2. The SMILES string of the molecule is CCCCCCCCCCCCCCC(CC)(CC)N1C=NNN1. The zero-order chi connectivity index (χ0) is 17.5. The molecule has 0 radical (unpaired) electrons. The lowest BCUT2D eigenvalue weighted by Gasteiger charge is -2.39. The molecule has 0 saturated carbocycles. The van der Waals surface area contributed by atoms with Gasteiger partial charge in [0.15, 0.2) is 0 Å². The monoisotopic (exact) mass is 338 g/mol. The number of hydrogen-bond acceptors (Lipinski definition) is 4. The number of unbranched alkanes of at least 4 members (excludes halogenated alkanes) is 11. The first-order valence-electron chi connectivity index (χ1n) is 10.6. The molecule has 0 bridgehead atoms. The van der Waals surface area contributed by atoms with E-state index in [0.717, 1.165) is 12.8 Å². The second-order valence-electron chi connectivity index (χ2n) is 7.41. The first-order valence-corrected chi connectivity index (χ1v) is 10.6. The van der Waals surface area contributed by atoms with Crippen molar-refractivity contribution in [1.29, 1.82) is 0 Å². The van der Waals surface area contributed by atoms with Gasteiger partial charge in [0.05, 0.1) is 5.54 Å². The molecule has 0 amide bonds. The molecule has 1 aliphatic heterocycles. The van der Waals surface area contributed by atoms with Crippen LogP contribution in [0.5, 0.6) is 0 Å². The highest BCUT2D eigenvalue weighted by Crippen LogP contribution is 2.29. The van der Waals surface area contributed by atoms with Crippen LogP contribution in [0, 0.1) is 0 Å². The normalized spacial score (nSPS) is 14.4. The average Bonchev–Trinajstić information content (AvgIpc) is 3.15. The molecule has 0 atom stereocenters. The summed E-state index contributed by atoms with van der Waals surface area (Å²) >= 11 is 0. The maximum Gasteiger partial charge on any atom is 0.129 e. The third kappa shape index (κ3) is 7.87. The molecule has 0 aromatic heterocycles. The fourth-order valence-corrected chi connectivity index (χ4v) is 3.80. The molecular weight excluding hydrogens is 296 g/mol. The third-order valence-electron chi connectivity index (χ3n) is 5.73. The Morgan fingerprint density at radius 2 is 1.25 bits per heavy atom. The molecule has 1 aliphatic rings. The molecule has 0 aliphatic carbocycles. The van der Waals surface area contributed by atoms with Crippen molar-refractivity contribution >= 4 is 6.34 Å². The lowest BCUT2D eigenvalue weighted by molar-refractivity contribution is 0.0928. The van der Waals surface area contributed by atoms with Crippen molar-refractivity contribution in [3.05, 3.63) is 0 Å². The van der Waals surface area contributed by atoms with Crippen molar-refractivity contribution in [3.63, 3.8) is 0 Å². The molecule has 1 rings (SSSR count). The van der Waals surface area contributed by atoms with Crippen molar-refractivity contribution < 1.29 is 0 Å². The molecule has 4 nitrogen and oxygen atoms in total. The van der Waals surface area contributed by atoms with Gasteiger partial charge < -0.3 is 0 Å². The predicted octanol–water partition coefficient (Wildman–Crippen LogP) is 5.90. The van der Waals surface area contributed by atoms with Gasteiger partial charge in [-0.1, -0.05) is 97.8 Å². The van der Waals surface area contributed by atoms with Crippen LogP contribution in [0.15, 0.2) is 5.10 Å². The Balaban J connectivity index is 1.99. The first-order chi connectivity index (χ1) is 11.8. The maximum absolute atomic E-state index is 4.08. The van der Waals surface area contributed by atoms with Gasteiger partial charge in [0.25, 0.3) is 0 Å². The summed E-state index contributed by atoms with van der Waals surface area (Å²) in [6.45, 7) is 6.87. The summed E-state index contributed by atoms with van der Waals surface area (Å²) in [5, 5.41) is 6.25. The van der Waals surface area contributed by atoms with E-state index < -0.39 is 0 Å². The van der Waals surface area contributed by atoms with Crippen molar-refractivity contribution in [3.8, 4) is 0 Å². The molecule has 0 fully saturated rings. The lowest BCUT2D eigenvalue weighted by atomic mass is 9.86. The minimum absolute atomic E-state index is 0.214. The van der Waals surface area contributed by atoms with Gasteiger partial charge in [0.1, 0.15) is 6.34 Å². The number of hydrazone groups is 1. The standard InChI is InChI=1S/C20H42N4/c1-4-7-8-9-10-11-12-13-14-15-16-17-18-20(5-2,6-3)24-19-21-22-23-24/h19,22-23H,4-18H2,1-3H3. The molecule has 1 heterocycles. The van der Waals surface area contributed by atoms with Gasteiger partial charge in [0, 0.05) is 0 Å². The van der Waals surface area contributed by atoms with Crippen LogP contribution >= 0.6 is 0 Å². The Bertz CT molecular complexity index is 313. The second-order valence-corrected chi connectivity index (χ2v) is 7.41. The highest BCUT2D eigenvalue weighted by molar-refractivity contribution is 5.56. The Hall–Kier alpha value is -0.770. The Morgan fingerprint density at radius 3 is 1.67 bits per heavy atom. The molecule has 0 unspecified atom stereocenters. The minimum Gasteiger partial charge on any atom is -0.271 e. The molecule has 0 aromatic rings. The van der Waals surface area contributed by atoms with Crippen LogP contribution in [0.25, 0.3) is 0 Å². The first kappa shape index (κ1) is 21.3. The minimum atomic E-state index is 0.214. The summed E-state index contributed by atoms with van der Waals surface area (Å²) in [6.07, 6.45) is 22.4. The molecule has 2 N–H and O–H groups in total. The molecule has 0 spiro atoms. The van der Waals surface area contributed by atoms with Crippen LogP contribution in [0.4, 0.5) is 0 Å². The van der Waals surface area contributed by atoms with Gasteiger partial charge in [-0.2, -0.15) is 5.10 Å². The van der Waals surface area contributed by atoms with E-state index in [9.17, 15) is 0 Å². The number of rotatable bonds is 16. The van der Waals surface area contributed by atoms with Gasteiger partial charge in [-0.3, -0.25) is 5.01 Å². The fraction of sp³-hybridized carbons (Fsp3) is 0.950. The van der Waals surface area contributed by atoms with Crippen LogP contribution in [0.3, 0.4) is 0 Å².